The maximum Gasteiger partial charge on any atom is 0.254 e. The molecular weight excluding hydrogens is 412 g/mol. The third kappa shape index (κ3) is 7.65. The predicted octanol–water partition coefficient (Wildman–Crippen LogP) is 7.29. The van der Waals surface area contributed by atoms with E-state index in [0.29, 0.717) is 6.54 Å². The van der Waals surface area contributed by atoms with E-state index in [-0.39, 0.29) is 11.7 Å². The number of benzene rings is 2. The molecule has 0 saturated carbocycles. The van der Waals surface area contributed by atoms with Gasteiger partial charge in [0.2, 0.25) is 0 Å². The first kappa shape index (κ1) is 24.2. The van der Waals surface area contributed by atoms with Gasteiger partial charge in [-0.25, -0.2) is 0 Å². The van der Waals surface area contributed by atoms with E-state index in [1.807, 2.05) is 36.4 Å². The zero-order chi connectivity index (χ0) is 21.8. The summed E-state index contributed by atoms with van der Waals surface area (Å²) in [7, 11) is 3.34. The summed E-state index contributed by atoms with van der Waals surface area (Å²) >= 11 is 0. The lowest BCUT2D eigenvalue weighted by Crippen LogP contribution is -2.31. The van der Waals surface area contributed by atoms with Gasteiger partial charge in [-0.1, -0.05) is 72.5 Å². The molecule has 2 N–H and O–H groups in total. The third-order valence-corrected chi connectivity index (χ3v) is 6.91. The summed E-state index contributed by atoms with van der Waals surface area (Å²) in [6.45, 7) is 7.40. The molecule has 0 heterocycles. The Morgan fingerprint density at radius 3 is 2.33 bits per heavy atom. The smallest absolute Gasteiger partial charge is 0.254 e. The van der Waals surface area contributed by atoms with Crippen molar-refractivity contribution in [1.29, 1.82) is 0 Å². The number of aliphatic hydroxyl groups excluding tert-OH is 1. The molecule has 0 fully saturated rings. The molecule has 0 aromatic heterocycles. The average Bonchev–Trinajstić information content (AvgIpc) is 2.73. The molecule has 0 spiro atoms. The van der Waals surface area contributed by atoms with E-state index in [1.165, 1.54) is 17.9 Å². The van der Waals surface area contributed by atoms with Crippen molar-refractivity contribution < 1.29 is 9.90 Å². The van der Waals surface area contributed by atoms with E-state index in [0.717, 1.165) is 48.5 Å². The Labute approximate surface area is 188 Å². The van der Waals surface area contributed by atoms with Gasteiger partial charge < -0.3 is 15.3 Å². The van der Waals surface area contributed by atoms with Crippen LogP contribution in [0.4, 0.5) is 11.4 Å². The molecule has 30 heavy (non-hydrogen) atoms. The summed E-state index contributed by atoms with van der Waals surface area (Å²) in [6.07, 6.45) is 5.49. The van der Waals surface area contributed by atoms with Gasteiger partial charge in [-0.05, 0) is 44.0 Å². The number of hydrogen-bond donors (Lipinski definition) is 2. The van der Waals surface area contributed by atoms with Crippen LogP contribution in [0.15, 0.2) is 70.2 Å². The zero-order valence-corrected chi connectivity index (χ0v) is 19.7. The van der Waals surface area contributed by atoms with Crippen molar-refractivity contribution in [3.8, 4) is 0 Å². The lowest BCUT2D eigenvalue weighted by Gasteiger charge is -2.24. The number of amides is 1. The van der Waals surface area contributed by atoms with Gasteiger partial charge in [-0.3, -0.25) is 4.79 Å². The van der Waals surface area contributed by atoms with Gasteiger partial charge in [0.25, 0.3) is 5.91 Å². The van der Waals surface area contributed by atoms with E-state index >= 15 is 0 Å². The van der Waals surface area contributed by atoms with Crippen molar-refractivity contribution in [1.82, 2.24) is 0 Å². The lowest BCUT2D eigenvalue weighted by molar-refractivity contribution is -0.114. The Morgan fingerprint density at radius 1 is 1.00 bits per heavy atom. The van der Waals surface area contributed by atoms with Crippen LogP contribution >= 0.6 is 21.6 Å². The van der Waals surface area contributed by atoms with Crippen molar-refractivity contribution in [2.45, 2.75) is 56.2 Å². The fraction of sp³-hybridized carbons (Fsp3) is 0.375. The maximum absolute atomic E-state index is 12.8. The number of para-hydroxylation sites is 2. The van der Waals surface area contributed by atoms with Crippen LogP contribution in [-0.4, -0.2) is 24.1 Å². The van der Waals surface area contributed by atoms with Gasteiger partial charge in [-0.2, -0.15) is 0 Å². The molecule has 0 unspecified atom stereocenters. The molecule has 4 nitrogen and oxygen atoms in total. The van der Waals surface area contributed by atoms with Crippen molar-refractivity contribution in [2.75, 3.05) is 23.3 Å². The minimum Gasteiger partial charge on any atom is -0.512 e. The van der Waals surface area contributed by atoms with Crippen LogP contribution in [0.25, 0.3) is 0 Å². The second kappa shape index (κ2) is 13.3. The van der Waals surface area contributed by atoms with Gasteiger partial charge in [-0.15, -0.1) is 0 Å². The first-order chi connectivity index (χ1) is 14.6. The Hall–Kier alpha value is -2.05. The lowest BCUT2D eigenvalue weighted by atomic mass is 10.2. The van der Waals surface area contributed by atoms with Crippen molar-refractivity contribution in [3.05, 3.63) is 60.4 Å². The van der Waals surface area contributed by atoms with Crippen LogP contribution in [-0.2, 0) is 4.79 Å². The molecule has 2 aromatic carbocycles. The molecule has 1 amide bonds. The summed E-state index contributed by atoms with van der Waals surface area (Å²) < 4.78 is 0. The highest BCUT2D eigenvalue weighted by molar-refractivity contribution is 8.76. The molecule has 0 aliphatic heterocycles. The van der Waals surface area contributed by atoms with Gasteiger partial charge in [0, 0.05) is 34.6 Å². The summed E-state index contributed by atoms with van der Waals surface area (Å²) in [5.41, 5.74) is 2.01. The average molecular weight is 445 g/mol. The van der Waals surface area contributed by atoms with Crippen LogP contribution in [0.3, 0.4) is 0 Å². The molecule has 0 radical (unpaired) electrons. The fourth-order valence-electron chi connectivity index (χ4n) is 2.85. The van der Waals surface area contributed by atoms with Crippen LogP contribution in [0.2, 0.25) is 0 Å². The van der Waals surface area contributed by atoms with E-state index in [4.69, 9.17) is 0 Å². The molecule has 6 heteroatoms. The summed E-state index contributed by atoms with van der Waals surface area (Å²) in [5, 5.41) is 13.1. The van der Waals surface area contributed by atoms with E-state index < -0.39 is 0 Å². The number of carbonyl (C=O) groups excluding carboxylic acids is 1. The minimum atomic E-state index is -0.192. The number of nitrogens with one attached hydrogen (secondary N) is 1. The van der Waals surface area contributed by atoms with Crippen LogP contribution in [0, 0.1) is 0 Å². The molecule has 0 bridgehead atoms. The van der Waals surface area contributed by atoms with Crippen molar-refractivity contribution in [2.24, 2.45) is 0 Å². The topological polar surface area (TPSA) is 52.6 Å². The molecule has 0 atom stereocenters. The SMILES string of the molecule is CCCCNc1ccccc1SSc1ccccc1N(CCCC)C(=O)/C=C(/C)O. The van der Waals surface area contributed by atoms with E-state index in [2.05, 4.69) is 31.3 Å². The monoisotopic (exact) mass is 444 g/mol. The number of anilines is 2. The molecular formula is C24H32N2O2S2. The second-order valence-electron chi connectivity index (χ2n) is 7.04. The number of rotatable bonds is 12. The molecule has 2 aromatic rings. The number of unbranched alkanes of at least 4 members (excludes halogenated alkanes) is 2. The summed E-state index contributed by atoms with van der Waals surface area (Å²) in [4.78, 5) is 16.7. The highest BCUT2D eigenvalue weighted by Gasteiger charge is 2.18. The van der Waals surface area contributed by atoms with Crippen LogP contribution in [0.1, 0.15) is 46.5 Å². The number of hydrogen-bond acceptors (Lipinski definition) is 5. The summed E-state index contributed by atoms with van der Waals surface area (Å²) in [5.74, 6) is -0.170. The Kier molecular flexibility index (Phi) is 10.7. The standard InChI is InChI=1S/C24H32N2O2S2/c1-4-6-16-25-20-12-8-10-14-22(20)29-30-23-15-11-9-13-21(23)26(17-7-5-2)24(28)18-19(3)27/h8-15,18,25,27H,4-7,16-17H2,1-3H3/b19-18-. The third-order valence-electron chi connectivity index (χ3n) is 4.44. The number of carbonyl (C=O) groups is 1. The summed E-state index contributed by atoms with van der Waals surface area (Å²) in [6, 6.07) is 16.3. The molecule has 0 saturated heterocycles. The maximum atomic E-state index is 12.8. The van der Waals surface area contributed by atoms with Crippen molar-refractivity contribution >= 4 is 38.9 Å². The van der Waals surface area contributed by atoms with Gasteiger partial charge in [0.15, 0.2) is 0 Å². The predicted molar refractivity (Wildman–Crippen MR) is 132 cm³/mol. The Morgan fingerprint density at radius 2 is 1.63 bits per heavy atom. The first-order valence-corrected chi connectivity index (χ1v) is 12.7. The van der Waals surface area contributed by atoms with Crippen molar-refractivity contribution in [3.63, 3.8) is 0 Å². The van der Waals surface area contributed by atoms with Crippen LogP contribution < -0.4 is 10.2 Å². The number of aliphatic hydroxyl groups is 1. The molecule has 0 aliphatic rings. The zero-order valence-electron chi connectivity index (χ0n) is 18.1. The first-order valence-electron chi connectivity index (χ1n) is 10.5. The minimum absolute atomic E-state index is 0.0214. The van der Waals surface area contributed by atoms with Crippen LogP contribution in [0.5, 0.6) is 0 Å². The Bertz CT molecular complexity index is 835. The number of nitrogens with zero attached hydrogens (tertiary/aromatic N) is 1. The second-order valence-corrected chi connectivity index (χ2v) is 9.25. The van der Waals surface area contributed by atoms with Gasteiger partial charge in [0.1, 0.15) is 0 Å². The fourth-order valence-corrected chi connectivity index (χ4v) is 5.19. The highest BCUT2D eigenvalue weighted by Crippen LogP contribution is 2.44. The molecule has 2 rings (SSSR count). The largest absolute Gasteiger partial charge is 0.512 e. The van der Waals surface area contributed by atoms with E-state index in [1.54, 1.807) is 26.5 Å². The van der Waals surface area contributed by atoms with E-state index in [9.17, 15) is 9.90 Å². The Balaban J connectivity index is 2.22. The van der Waals surface area contributed by atoms with Gasteiger partial charge in [0.05, 0.1) is 11.4 Å². The molecule has 162 valence electrons. The quantitative estimate of drug-likeness (QED) is 0.156. The normalized spacial score (nSPS) is 11.4. The van der Waals surface area contributed by atoms with Gasteiger partial charge >= 0.3 is 0 Å². The number of allylic oxidation sites excluding steroid dienone is 1. The highest BCUT2D eigenvalue weighted by atomic mass is 33.1. The molecule has 0 aliphatic carbocycles.